The van der Waals surface area contributed by atoms with Crippen molar-refractivity contribution in [3.05, 3.63) is 47.5 Å². The normalized spacial score (nSPS) is 12.0. The molecule has 0 aliphatic carbocycles. The van der Waals surface area contributed by atoms with E-state index < -0.39 is 20.0 Å². The molecule has 0 saturated carbocycles. The van der Waals surface area contributed by atoms with Crippen molar-refractivity contribution < 1.29 is 26.3 Å². The van der Waals surface area contributed by atoms with Gasteiger partial charge in [-0.1, -0.05) is 12.1 Å². The highest BCUT2D eigenvalue weighted by Crippen LogP contribution is 2.22. The second-order valence-electron chi connectivity index (χ2n) is 6.41. The average Bonchev–Trinajstić information content (AvgIpc) is 2.68. The summed E-state index contributed by atoms with van der Waals surface area (Å²) in [6.07, 6.45) is 0.282. The monoisotopic (exact) mass is 442 g/mol. The molecule has 0 aromatic heterocycles. The highest BCUT2D eigenvalue weighted by molar-refractivity contribution is 7.89. The Balaban J connectivity index is 1.95. The van der Waals surface area contributed by atoms with Crippen LogP contribution >= 0.6 is 0 Å². The van der Waals surface area contributed by atoms with Gasteiger partial charge in [-0.15, -0.1) is 0 Å². The van der Waals surface area contributed by atoms with E-state index >= 15 is 0 Å². The van der Waals surface area contributed by atoms with E-state index in [9.17, 15) is 16.8 Å². The SMILES string of the molecule is COc1ccc(C)c(S(=O)(=O)NCCCNS(=O)(=O)c2cc(OC)ccc2C)c1. The van der Waals surface area contributed by atoms with Crippen molar-refractivity contribution in [3.63, 3.8) is 0 Å². The number of nitrogens with one attached hydrogen (secondary N) is 2. The zero-order chi connectivity index (χ0) is 21.7. The maximum Gasteiger partial charge on any atom is 0.240 e. The summed E-state index contributed by atoms with van der Waals surface area (Å²) in [7, 11) is -4.54. The zero-order valence-electron chi connectivity index (χ0n) is 16.9. The third-order valence-corrected chi connectivity index (χ3v) is 7.51. The Morgan fingerprint density at radius 2 is 1.10 bits per heavy atom. The van der Waals surface area contributed by atoms with E-state index in [4.69, 9.17) is 9.47 Å². The lowest BCUT2D eigenvalue weighted by Crippen LogP contribution is -2.30. The molecule has 10 heteroatoms. The molecule has 0 aliphatic rings. The van der Waals surface area contributed by atoms with Crippen LogP contribution in [0.3, 0.4) is 0 Å². The third-order valence-electron chi connectivity index (χ3n) is 4.31. The van der Waals surface area contributed by atoms with Crippen molar-refractivity contribution in [1.82, 2.24) is 9.44 Å². The predicted molar refractivity (Wildman–Crippen MR) is 110 cm³/mol. The third kappa shape index (κ3) is 5.92. The van der Waals surface area contributed by atoms with Gasteiger partial charge in [-0.25, -0.2) is 26.3 Å². The van der Waals surface area contributed by atoms with Crippen molar-refractivity contribution in [1.29, 1.82) is 0 Å². The van der Waals surface area contributed by atoms with Crippen LogP contribution in [-0.4, -0.2) is 44.1 Å². The summed E-state index contributed by atoms with van der Waals surface area (Å²) in [5, 5.41) is 0. The van der Waals surface area contributed by atoms with Crippen molar-refractivity contribution >= 4 is 20.0 Å². The van der Waals surface area contributed by atoms with Gasteiger partial charge in [0.05, 0.1) is 24.0 Å². The van der Waals surface area contributed by atoms with E-state index in [-0.39, 0.29) is 29.3 Å². The molecule has 0 fully saturated rings. The summed E-state index contributed by atoms with van der Waals surface area (Å²) in [4.78, 5) is 0.258. The number of rotatable bonds is 10. The molecule has 0 unspecified atom stereocenters. The van der Waals surface area contributed by atoms with Crippen LogP contribution < -0.4 is 18.9 Å². The van der Waals surface area contributed by atoms with Crippen LogP contribution in [0.25, 0.3) is 0 Å². The van der Waals surface area contributed by atoms with Gasteiger partial charge in [-0.3, -0.25) is 0 Å². The first kappa shape index (κ1) is 23.1. The second-order valence-corrected chi connectivity index (χ2v) is 9.88. The van der Waals surface area contributed by atoms with Gasteiger partial charge < -0.3 is 9.47 Å². The number of aryl methyl sites for hydroxylation is 2. The van der Waals surface area contributed by atoms with Crippen LogP contribution in [0.2, 0.25) is 0 Å². The van der Waals surface area contributed by atoms with Crippen molar-refractivity contribution in [2.45, 2.75) is 30.1 Å². The summed E-state index contributed by atoms with van der Waals surface area (Å²) >= 11 is 0. The smallest absolute Gasteiger partial charge is 0.240 e. The topological polar surface area (TPSA) is 111 Å². The molecule has 0 heterocycles. The standard InChI is InChI=1S/C19H26N2O6S2/c1-14-6-8-16(26-3)12-18(14)28(22,23)20-10-5-11-21-29(24,25)19-13-17(27-4)9-7-15(19)2/h6-9,12-13,20-21H,5,10-11H2,1-4H3. The molecule has 0 radical (unpaired) electrons. The molecule has 2 aromatic rings. The lowest BCUT2D eigenvalue weighted by Gasteiger charge is -2.12. The Bertz CT molecular complexity index is 981. The van der Waals surface area contributed by atoms with E-state index in [1.54, 1.807) is 38.1 Å². The lowest BCUT2D eigenvalue weighted by molar-refractivity contribution is 0.413. The molecular formula is C19H26N2O6S2. The van der Waals surface area contributed by atoms with Crippen LogP contribution in [0.1, 0.15) is 17.5 Å². The Morgan fingerprint density at radius 3 is 1.45 bits per heavy atom. The molecule has 2 rings (SSSR count). The van der Waals surface area contributed by atoms with Gasteiger partial charge in [0, 0.05) is 25.2 Å². The van der Waals surface area contributed by atoms with Gasteiger partial charge in [-0.2, -0.15) is 0 Å². The summed E-state index contributed by atoms with van der Waals surface area (Å²) in [6, 6.07) is 9.60. The van der Waals surface area contributed by atoms with E-state index in [1.165, 1.54) is 26.4 Å². The highest BCUT2D eigenvalue weighted by atomic mass is 32.2. The minimum absolute atomic E-state index is 0.0819. The largest absolute Gasteiger partial charge is 0.497 e. The van der Waals surface area contributed by atoms with E-state index in [2.05, 4.69) is 9.44 Å². The molecule has 8 nitrogen and oxygen atoms in total. The van der Waals surface area contributed by atoms with Crippen molar-refractivity contribution in [3.8, 4) is 11.5 Å². The van der Waals surface area contributed by atoms with Gasteiger partial charge in [-0.05, 0) is 43.5 Å². The second kappa shape index (κ2) is 9.57. The van der Waals surface area contributed by atoms with Crippen LogP contribution in [0, 0.1) is 13.8 Å². The minimum atomic E-state index is -3.73. The lowest BCUT2D eigenvalue weighted by atomic mass is 10.2. The van der Waals surface area contributed by atoms with E-state index in [1.807, 2.05) is 0 Å². The van der Waals surface area contributed by atoms with Gasteiger partial charge in [0.1, 0.15) is 11.5 Å². The summed E-state index contributed by atoms with van der Waals surface area (Å²) < 4.78 is 65.1. The zero-order valence-corrected chi connectivity index (χ0v) is 18.5. The fourth-order valence-corrected chi connectivity index (χ4v) is 5.31. The molecule has 2 N–H and O–H groups in total. The van der Waals surface area contributed by atoms with Crippen molar-refractivity contribution in [2.24, 2.45) is 0 Å². The predicted octanol–water partition coefficient (Wildman–Crippen LogP) is 1.97. The summed E-state index contributed by atoms with van der Waals surface area (Å²) in [5.41, 5.74) is 1.18. The summed E-state index contributed by atoms with van der Waals surface area (Å²) in [5.74, 6) is 0.884. The number of ether oxygens (including phenoxy) is 2. The van der Waals surface area contributed by atoms with Gasteiger partial charge in [0.2, 0.25) is 20.0 Å². The molecule has 0 spiro atoms. The minimum Gasteiger partial charge on any atom is -0.497 e. The van der Waals surface area contributed by atoms with Gasteiger partial charge >= 0.3 is 0 Å². The van der Waals surface area contributed by atoms with Crippen LogP contribution in [-0.2, 0) is 20.0 Å². The molecule has 0 bridgehead atoms. The first-order valence-electron chi connectivity index (χ1n) is 8.89. The maximum atomic E-state index is 12.5. The number of sulfonamides is 2. The van der Waals surface area contributed by atoms with Gasteiger partial charge in [0.15, 0.2) is 0 Å². The molecule has 0 aliphatic heterocycles. The number of methoxy groups -OCH3 is 2. The number of hydrogen-bond acceptors (Lipinski definition) is 6. The average molecular weight is 443 g/mol. The van der Waals surface area contributed by atoms with Crippen molar-refractivity contribution in [2.75, 3.05) is 27.3 Å². The van der Waals surface area contributed by atoms with Crippen LogP contribution in [0.5, 0.6) is 11.5 Å². The molecule has 0 atom stereocenters. The first-order valence-corrected chi connectivity index (χ1v) is 11.9. The van der Waals surface area contributed by atoms with E-state index in [0.717, 1.165) is 0 Å². The molecule has 0 amide bonds. The Morgan fingerprint density at radius 1 is 0.724 bits per heavy atom. The Hall–Kier alpha value is -2.14. The fraction of sp³-hybridized carbons (Fsp3) is 0.368. The fourth-order valence-electron chi connectivity index (χ4n) is 2.65. The molecule has 0 saturated heterocycles. The molecule has 2 aromatic carbocycles. The summed E-state index contributed by atoms with van der Waals surface area (Å²) in [6.45, 7) is 3.55. The van der Waals surface area contributed by atoms with E-state index in [0.29, 0.717) is 22.6 Å². The molecule has 29 heavy (non-hydrogen) atoms. The first-order chi connectivity index (χ1) is 13.6. The highest BCUT2D eigenvalue weighted by Gasteiger charge is 2.19. The number of hydrogen-bond donors (Lipinski definition) is 2. The van der Waals surface area contributed by atoms with Crippen LogP contribution in [0.15, 0.2) is 46.2 Å². The quantitative estimate of drug-likeness (QED) is 0.544. The Labute approximate surface area is 172 Å². The molecular weight excluding hydrogens is 416 g/mol. The van der Waals surface area contributed by atoms with Gasteiger partial charge in [0.25, 0.3) is 0 Å². The maximum absolute atomic E-state index is 12.5. The molecule has 160 valence electrons. The Kier molecular flexibility index (Phi) is 7.64. The van der Waals surface area contributed by atoms with Crippen LogP contribution in [0.4, 0.5) is 0 Å². The number of benzene rings is 2.